The minimum atomic E-state index is -0.634. The third kappa shape index (κ3) is 3.37. The molecule has 0 radical (unpaired) electrons. The van der Waals surface area contributed by atoms with Crippen molar-refractivity contribution in [3.8, 4) is 0 Å². The van der Waals surface area contributed by atoms with Crippen molar-refractivity contribution in [2.45, 2.75) is 25.8 Å². The summed E-state index contributed by atoms with van der Waals surface area (Å²) in [5.41, 5.74) is 2.51. The number of anilines is 2. The van der Waals surface area contributed by atoms with Crippen LogP contribution >= 0.6 is 0 Å². The standard InChI is InChI=1S/C10H17N5OS/c1-7-12-9(6-10(13-7)15-11)14-8-2-4-17(16)5-3-8/h6,8H,2-5,11H2,1H3,(H2,12,13,14,15). The molecule has 17 heavy (non-hydrogen) atoms. The van der Waals surface area contributed by atoms with Crippen LogP contribution in [-0.4, -0.2) is 31.7 Å². The number of aryl methyl sites for hydroxylation is 1. The first kappa shape index (κ1) is 12.3. The van der Waals surface area contributed by atoms with Crippen LogP contribution in [0.1, 0.15) is 18.7 Å². The molecular formula is C10H17N5OS. The summed E-state index contributed by atoms with van der Waals surface area (Å²) >= 11 is 0. The highest BCUT2D eigenvalue weighted by Gasteiger charge is 2.18. The number of nitrogens with one attached hydrogen (secondary N) is 2. The fraction of sp³-hybridized carbons (Fsp3) is 0.600. The van der Waals surface area contributed by atoms with Crippen LogP contribution in [0.4, 0.5) is 11.6 Å². The van der Waals surface area contributed by atoms with E-state index in [0.29, 0.717) is 17.7 Å². The predicted octanol–water partition coefficient (Wildman–Crippen LogP) is 0.394. The Kier molecular flexibility index (Phi) is 3.90. The Bertz CT molecular complexity index is 415. The lowest BCUT2D eigenvalue weighted by Crippen LogP contribution is -2.29. The van der Waals surface area contributed by atoms with E-state index in [1.54, 1.807) is 6.07 Å². The van der Waals surface area contributed by atoms with Gasteiger partial charge in [0.1, 0.15) is 17.5 Å². The van der Waals surface area contributed by atoms with Gasteiger partial charge in [0.05, 0.1) is 0 Å². The molecule has 0 aliphatic carbocycles. The van der Waals surface area contributed by atoms with E-state index in [9.17, 15) is 4.21 Å². The zero-order valence-corrected chi connectivity index (χ0v) is 10.6. The molecule has 2 rings (SSSR count). The number of hydrogen-bond acceptors (Lipinski definition) is 6. The first-order valence-electron chi connectivity index (χ1n) is 5.61. The lowest BCUT2D eigenvalue weighted by Gasteiger charge is -2.23. The number of hydrogen-bond donors (Lipinski definition) is 3. The summed E-state index contributed by atoms with van der Waals surface area (Å²) in [7, 11) is -0.634. The summed E-state index contributed by atoms with van der Waals surface area (Å²) in [6, 6.07) is 2.12. The van der Waals surface area contributed by atoms with E-state index in [1.165, 1.54) is 0 Å². The molecule has 4 N–H and O–H groups in total. The fourth-order valence-electron chi connectivity index (χ4n) is 1.86. The summed E-state index contributed by atoms with van der Waals surface area (Å²) in [4.78, 5) is 8.42. The van der Waals surface area contributed by atoms with E-state index in [1.807, 2.05) is 6.92 Å². The van der Waals surface area contributed by atoms with E-state index in [4.69, 9.17) is 5.84 Å². The Hall–Kier alpha value is -1.21. The topological polar surface area (TPSA) is 92.9 Å². The molecule has 1 fully saturated rings. The molecule has 1 aliphatic heterocycles. The van der Waals surface area contributed by atoms with Gasteiger partial charge >= 0.3 is 0 Å². The fourth-order valence-corrected chi connectivity index (χ4v) is 3.16. The maximum atomic E-state index is 11.2. The zero-order valence-electron chi connectivity index (χ0n) is 9.77. The van der Waals surface area contributed by atoms with Crippen LogP contribution in [0, 0.1) is 6.92 Å². The van der Waals surface area contributed by atoms with Gasteiger partial charge in [-0.2, -0.15) is 0 Å². The number of aromatic nitrogens is 2. The Labute approximate surface area is 103 Å². The van der Waals surface area contributed by atoms with Crippen molar-refractivity contribution in [3.63, 3.8) is 0 Å². The van der Waals surface area contributed by atoms with Gasteiger partial charge in [0, 0.05) is 34.4 Å². The van der Waals surface area contributed by atoms with Gasteiger partial charge in [0.2, 0.25) is 0 Å². The molecule has 0 bridgehead atoms. The smallest absolute Gasteiger partial charge is 0.145 e. The van der Waals surface area contributed by atoms with Crippen LogP contribution in [0.25, 0.3) is 0 Å². The number of nitrogens with two attached hydrogens (primary N) is 1. The molecule has 6 nitrogen and oxygen atoms in total. The highest BCUT2D eigenvalue weighted by Crippen LogP contribution is 2.16. The van der Waals surface area contributed by atoms with Crippen molar-refractivity contribution in [1.82, 2.24) is 9.97 Å². The number of nitrogen functional groups attached to an aromatic ring is 1. The van der Waals surface area contributed by atoms with Gasteiger partial charge in [-0.3, -0.25) is 4.21 Å². The summed E-state index contributed by atoms with van der Waals surface area (Å²) in [5, 5.41) is 3.34. The predicted molar refractivity (Wildman–Crippen MR) is 69.1 cm³/mol. The molecule has 2 heterocycles. The molecule has 1 saturated heterocycles. The second kappa shape index (κ2) is 5.42. The van der Waals surface area contributed by atoms with Gasteiger partial charge in [-0.15, -0.1) is 0 Å². The highest BCUT2D eigenvalue weighted by atomic mass is 32.2. The maximum absolute atomic E-state index is 11.2. The summed E-state index contributed by atoms with van der Waals surface area (Å²) in [6.45, 7) is 1.82. The Balaban J connectivity index is 2.02. The largest absolute Gasteiger partial charge is 0.367 e. The molecule has 0 atom stereocenters. The second-order valence-corrected chi connectivity index (χ2v) is 5.79. The second-order valence-electron chi connectivity index (χ2n) is 4.10. The van der Waals surface area contributed by atoms with E-state index in [0.717, 1.165) is 30.2 Å². The zero-order chi connectivity index (χ0) is 12.3. The summed E-state index contributed by atoms with van der Waals surface area (Å²) in [6.07, 6.45) is 1.84. The number of nitrogens with zero attached hydrogens (tertiary/aromatic N) is 2. The summed E-state index contributed by atoms with van der Waals surface area (Å²) < 4.78 is 11.2. The monoisotopic (exact) mass is 255 g/mol. The van der Waals surface area contributed by atoms with Crippen molar-refractivity contribution in [3.05, 3.63) is 11.9 Å². The quantitative estimate of drug-likeness (QED) is 0.534. The van der Waals surface area contributed by atoms with Crippen LogP contribution < -0.4 is 16.6 Å². The molecule has 0 saturated carbocycles. The molecule has 94 valence electrons. The van der Waals surface area contributed by atoms with Crippen LogP contribution in [0.5, 0.6) is 0 Å². The van der Waals surface area contributed by atoms with Gasteiger partial charge in [-0.1, -0.05) is 0 Å². The lowest BCUT2D eigenvalue weighted by atomic mass is 10.1. The van der Waals surface area contributed by atoms with Gasteiger partial charge in [0.25, 0.3) is 0 Å². The van der Waals surface area contributed by atoms with Gasteiger partial charge in [-0.25, -0.2) is 15.8 Å². The first-order chi connectivity index (χ1) is 8.17. The van der Waals surface area contributed by atoms with Crippen molar-refractivity contribution in [1.29, 1.82) is 0 Å². The maximum Gasteiger partial charge on any atom is 0.145 e. The van der Waals surface area contributed by atoms with Crippen molar-refractivity contribution in [2.24, 2.45) is 5.84 Å². The van der Waals surface area contributed by atoms with Crippen molar-refractivity contribution < 1.29 is 4.21 Å². The molecule has 1 aromatic rings. The molecule has 1 aliphatic rings. The third-order valence-electron chi connectivity index (χ3n) is 2.73. The Morgan fingerprint density at radius 1 is 1.35 bits per heavy atom. The van der Waals surface area contributed by atoms with Gasteiger partial charge < -0.3 is 10.7 Å². The van der Waals surface area contributed by atoms with Crippen LogP contribution in [0.15, 0.2) is 6.07 Å². The van der Waals surface area contributed by atoms with E-state index >= 15 is 0 Å². The van der Waals surface area contributed by atoms with Crippen LogP contribution in [0.3, 0.4) is 0 Å². The Morgan fingerprint density at radius 2 is 2.00 bits per heavy atom. The SMILES string of the molecule is Cc1nc(NN)cc(NC2CCS(=O)CC2)n1. The van der Waals surface area contributed by atoms with Crippen molar-refractivity contribution in [2.75, 3.05) is 22.2 Å². The molecule has 1 aromatic heterocycles. The van der Waals surface area contributed by atoms with Crippen molar-refractivity contribution >= 4 is 22.4 Å². The molecule has 7 heteroatoms. The van der Waals surface area contributed by atoms with E-state index in [-0.39, 0.29) is 0 Å². The summed E-state index contributed by atoms with van der Waals surface area (Å²) in [5.74, 6) is 8.90. The van der Waals surface area contributed by atoms with Gasteiger partial charge in [0.15, 0.2) is 0 Å². The van der Waals surface area contributed by atoms with Gasteiger partial charge in [-0.05, 0) is 19.8 Å². The molecule has 0 aromatic carbocycles. The lowest BCUT2D eigenvalue weighted by molar-refractivity contribution is 0.622. The van der Waals surface area contributed by atoms with Crippen LogP contribution in [-0.2, 0) is 10.8 Å². The first-order valence-corrected chi connectivity index (χ1v) is 7.10. The average Bonchev–Trinajstić information content (AvgIpc) is 2.31. The Morgan fingerprint density at radius 3 is 2.65 bits per heavy atom. The molecule has 0 unspecified atom stereocenters. The number of hydrazine groups is 1. The molecular weight excluding hydrogens is 238 g/mol. The minimum Gasteiger partial charge on any atom is -0.367 e. The van der Waals surface area contributed by atoms with Crippen LogP contribution in [0.2, 0.25) is 0 Å². The minimum absolute atomic E-state index is 0.340. The molecule has 0 amide bonds. The third-order valence-corrected chi connectivity index (χ3v) is 4.11. The molecule has 0 spiro atoms. The average molecular weight is 255 g/mol. The number of rotatable bonds is 3. The highest BCUT2D eigenvalue weighted by molar-refractivity contribution is 7.85. The van der Waals surface area contributed by atoms with E-state index in [2.05, 4.69) is 20.7 Å². The van der Waals surface area contributed by atoms with E-state index < -0.39 is 10.8 Å². The normalized spacial score (nSPS) is 24.4.